The molecule has 2 atom stereocenters. The predicted molar refractivity (Wildman–Crippen MR) is 129 cm³/mol. The van der Waals surface area contributed by atoms with Crippen molar-refractivity contribution >= 4 is 34.0 Å². The van der Waals surface area contributed by atoms with Crippen molar-refractivity contribution in [3.63, 3.8) is 0 Å². The number of hydrogen-bond acceptors (Lipinski definition) is 7. The standard InChI is InChI=1S/C24H29ClN4O3/c1-6-16-19(30-4)9-20(31-5)23(25)22(16)18-7-15-10-27-21(26)8-17(15)24(28-18)29-11-13(2)32-14(3)12-29/h7-10,13-14H,6,11-12H2,1-5H3,(H2,26,27). The first-order valence-electron chi connectivity index (χ1n) is 10.8. The molecule has 1 aliphatic rings. The van der Waals surface area contributed by atoms with Gasteiger partial charge in [-0.25, -0.2) is 9.97 Å². The van der Waals surface area contributed by atoms with Crippen molar-refractivity contribution < 1.29 is 14.2 Å². The number of rotatable bonds is 5. The van der Waals surface area contributed by atoms with Crippen LogP contribution in [-0.4, -0.2) is 49.5 Å². The summed E-state index contributed by atoms with van der Waals surface area (Å²) in [4.78, 5) is 11.7. The van der Waals surface area contributed by atoms with Gasteiger partial charge < -0.3 is 24.8 Å². The van der Waals surface area contributed by atoms with E-state index in [1.807, 2.05) is 18.2 Å². The van der Waals surface area contributed by atoms with Crippen LogP contribution in [0.5, 0.6) is 11.5 Å². The van der Waals surface area contributed by atoms with Gasteiger partial charge in [-0.15, -0.1) is 0 Å². The fourth-order valence-corrected chi connectivity index (χ4v) is 4.80. The molecule has 4 rings (SSSR count). The highest BCUT2D eigenvalue weighted by Gasteiger charge is 2.27. The summed E-state index contributed by atoms with van der Waals surface area (Å²) in [7, 11) is 3.24. The molecule has 0 bridgehead atoms. The van der Waals surface area contributed by atoms with Gasteiger partial charge in [-0.3, -0.25) is 0 Å². The molecular weight excluding hydrogens is 428 g/mol. The maximum atomic E-state index is 6.83. The second-order valence-electron chi connectivity index (χ2n) is 8.13. The van der Waals surface area contributed by atoms with Crippen LogP contribution >= 0.6 is 11.6 Å². The number of nitrogens with two attached hydrogens (primary N) is 1. The molecule has 2 aromatic heterocycles. The van der Waals surface area contributed by atoms with E-state index in [0.717, 1.165) is 58.7 Å². The fourth-order valence-electron chi connectivity index (χ4n) is 4.46. The Morgan fingerprint density at radius 3 is 2.44 bits per heavy atom. The molecule has 1 saturated heterocycles. The normalized spacial score (nSPS) is 18.8. The highest BCUT2D eigenvalue weighted by Crippen LogP contribution is 2.44. The molecule has 0 radical (unpaired) electrons. The van der Waals surface area contributed by atoms with Crippen LogP contribution in [0.2, 0.25) is 5.02 Å². The van der Waals surface area contributed by atoms with Crippen LogP contribution in [0.15, 0.2) is 24.4 Å². The minimum atomic E-state index is 0.0881. The molecule has 7 nitrogen and oxygen atoms in total. The maximum Gasteiger partial charge on any atom is 0.141 e. The largest absolute Gasteiger partial charge is 0.496 e. The number of methoxy groups -OCH3 is 2. The van der Waals surface area contributed by atoms with E-state index >= 15 is 0 Å². The van der Waals surface area contributed by atoms with Crippen LogP contribution in [0.25, 0.3) is 22.0 Å². The second kappa shape index (κ2) is 9.00. The molecule has 8 heteroatoms. The first-order valence-corrected chi connectivity index (χ1v) is 11.1. The molecule has 170 valence electrons. The lowest BCUT2D eigenvalue weighted by Crippen LogP contribution is -2.46. The Morgan fingerprint density at radius 2 is 1.81 bits per heavy atom. The molecule has 1 aromatic carbocycles. The van der Waals surface area contributed by atoms with Crippen molar-refractivity contribution in [1.82, 2.24) is 9.97 Å². The van der Waals surface area contributed by atoms with Gasteiger partial charge in [0.05, 0.1) is 37.1 Å². The summed E-state index contributed by atoms with van der Waals surface area (Å²) >= 11 is 6.83. The van der Waals surface area contributed by atoms with E-state index in [4.69, 9.17) is 36.5 Å². The first kappa shape index (κ1) is 22.4. The Morgan fingerprint density at radius 1 is 1.12 bits per heavy atom. The van der Waals surface area contributed by atoms with E-state index in [1.54, 1.807) is 20.4 Å². The smallest absolute Gasteiger partial charge is 0.141 e. The van der Waals surface area contributed by atoms with E-state index in [-0.39, 0.29) is 12.2 Å². The molecular formula is C24H29ClN4O3. The average molecular weight is 457 g/mol. The highest BCUT2D eigenvalue weighted by molar-refractivity contribution is 6.35. The van der Waals surface area contributed by atoms with Crippen molar-refractivity contribution in [1.29, 1.82) is 0 Å². The average Bonchev–Trinajstić information content (AvgIpc) is 2.77. The fraction of sp³-hybridized carbons (Fsp3) is 0.417. The first-order chi connectivity index (χ1) is 15.4. The van der Waals surface area contributed by atoms with Gasteiger partial charge in [0.2, 0.25) is 0 Å². The predicted octanol–water partition coefficient (Wildman–Crippen LogP) is 4.73. The molecule has 0 spiro atoms. The van der Waals surface area contributed by atoms with Crippen molar-refractivity contribution in [2.45, 2.75) is 39.4 Å². The number of morpholine rings is 1. The van der Waals surface area contributed by atoms with Crippen LogP contribution < -0.4 is 20.1 Å². The zero-order chi connectivity index (χ0) is 23.0. The molecule has 0 amide bonds. The van der Waals surface area contributed by atoms with Gasteiger partial charge in [0.1, 0.15) is 23.1 Å². The Kier molecular flexibility index (Phi) is 6.31. The molecule has 32 heavy (non-hydrogen) atoms. The highest BCUT2D eigenvalue weighted by atomic mass is 35.5. The van der Waals surface area contributed by atoms with Gasteiger partial charge in [0.15, 0.2) is 0 Å². The number of fused-ring (bicyclic) bond motifs is 1. The quantitative estimate of drug-likeness (QED) is 0.594. The molecule has 1 aliphatic heterocycles. The molecule has 2 unspecified atom stereocenters. The number of ether oxygens (including phenoxy) is 3. The monoisotopic (exact) mass is 456 g/mol. The lowest BCUT2D eigenvalue weighted by Gasteiger charge is -2.36. The summed E-state index contributed by atoms with van der Waals surface area (Å²) in [5.74, 6) is 2.56. The topological polar surface area (TPSA) is 82.7 Å². The molecule has 0 aliphatic carbocycles. The molecule has 1 fully saturated rings. The Balaban J connectivity index is 2.00. The van der Waals surface area contributed by atoms with Gasteiger partial charge in [-0.2, -0.15) is 0 Å². The summed E-state index contributed by atoms with van der Waals surface area (Å²) < 4.78 is 17.1. The van der Waals surface area contributed by atoms with Crippen LogP contribution in [0.1, 0.15) is 26.3 Å². The second-order valence-corrected chi connectivity index (χ2v) is 8.50. The van der Waals surface area contributed by atoms with Gasteiger partial charge in [-0.05, 0) is 32.4 Å². The summed E-state index contributed by atoms with van der Waals surface area (Å²) in [6.45, 7) is 7.68. The van der Waals surface area contributed by atoms with Crippen molar-refractivity contribution in [3.05, 3.63) is 35.0 Å². The Hall–Kier alpha value is -2.77. The molecule has 0 saturated carbocycles. The number of anilines is 2. The molecule has 3 heterocycles. The summed E-state index contributed by atoms with van der Waals surface area (Å²) in [6, 6.07) is 5.69. The van der Waals surface area contributed by atoms with Gasteiger partial charge in [0, 0.05) is 47.3 Å². The van der Waals surface area contributed by atoms with Crippen LogP contribution in [0, 0.1) is 0 Å². The van der Waals surface area contributed by atoms with E-state index in [9.17, 15) is 0 Å². The summed E-state index contributed by atoms with van der Waals surface area (Å²) in [6.07, 6.45) is 2.68. The Bertz CT molecular complexity index is 1140. The zero-order valence-corrected chi connectivity index (χ0v) is 19.9. The minimum Gasteiger partial charge on any atom is -0.496 e. The third-order valence-electron chi connectivity index (χ3n) is 5.78. The van der Waals surface area contributed by atoms with Gasteiger partial charge in [-0.1, -0.05) is 18.5 Å². The van der Waals surface area contributed by atoms with Crippen molar-refractivity contribution in [3.8, 4) is 22.8 Å². The number of benzene rings is 1. The zero-order valence-electron chi connectivity index (χ0n) is 19.1. The van der Waals surface area contributed by atoms with E-state index < -0.39 is 0 Å². The molecule has 3 aromatic rings. The van der Waals surface area contributed by atoms with Crippen molar-refractivity contribution in [2.24, 2.45) is 0 Å². The SMILES string of the molecule is CCc1c(OC)cc(OC)c(Cl)c1-c1cc2cnc(N)cc2c(N2CC(C)OC(C)C2)n1. The minimum absolute atomic E-state index is 0.0881. The van der Waals surface area contributed by atoms with Crippen LogP contribution in [0.3, 0.4) is 0 Å². The van der Waals surface area contributed by atoms with E-state index in [0.29, 0.717) is 16.6 Å². The number of nitrogens with zero attached hydrogens (tertiary/aromatic N) is 3. The maximum absolute atomic E-state index is 6.83. The van der Waals surface area contributed by atoms with E-state index in [1.165, 1.54) is 0 Å². The number of pyridine rings is 2. The van der Waals surface area contributed by atoms with E-state index in [2.05, 4.69) is 30.7 Å². The Labute approximate surface area is 193 Å². The number of halogens is 1. The number of nitrogen functional groups attached to an aromatic ring is 1. The lowest BCUT2D eigenvalue weighted by molar-refractivity contribution is -0.00536. The summed E-state index contributed by atoms with van der Waals surface area (Å²) in [5, 5.41) is 2.40. The van der Waals surface area contributed by atoms with Crippen molar-refractivity contribution in [2.75, 3.05) is 37.9 Å². The number of hydrogen-bond donors (Lipinski definition) is 1. The van der Waals surface area contributed by atoms with Crippen LogP contribution in [-0.2, 0) is 11.2 Å². The summed E-state index contributed by atoms with van der Waals surface area (Å²) in [5.41, 5.74) is 8.56. The molecule has 2 N–H and O–H groups in total. The van der Waals surface area contributed by atoms with Gasteiger partial charge in [0.25, 0.3) is 0 Å². The van der Waals surface area contributed by atoms with Crippen LogP contribution in [0.4, 0.5) is 11.6 Å². The van der Waals surface area contributed by atoms with Gasteiger partial charge >= 0.3 is 0 Å². The lowest BCUT2D eigenvalue weighted by atomic mass is 9.98. The third-order valence-corrected chi connectivity index (χ3v) is 6.16. The number of aromatic nitrogens is 2. The third kappa shape index (κ3) is 4.02.